The standard InChI is InChI=1S/C11H15N3O4S/c1-13(8-3-2-4-8)19(17,18)11-7-9(14(15)16)5-6-10(11)12/h5-8H,2-4,12H2,1H3. The second-order valence-corrected chi connectivity index (χ2v) is 6.55. The van der Waals surface area contributed by atoms with Crippen LogP contribution in [-0.4, -0.2) is 30.7 Å². The van der Waals surface area contributed by atoms with Crippen LogP contribution in [0.4, 0.5) is 11.4 Å². The average molecular weight is 285 g/mol. The van der Waals surface area contributed by atoms with Crippen molar-refractivity contribution in [1.82, 2.24) is 4.31 Å². The van der Waals surface area contributed by atoms with E-state index in [-0.39, 0.29) is 22.3 Å². The van der Waals surface area contributed by atoms with Gasteiger partial charge in [0.25, 0.3) is 5.69 Å². The van der Waals surface area contributed by atoms with Crippen molar-refractivity contribution in [3.8, 4) is 0 Å². The first-order valence-corrected chi connectivity index (χ1v) is 7.30. The fourth-order valence-electron chi connectivity index (χ4n) is 1.96. The van der Waals surface area contributed by atoms with Crippen LogP contribution >= 0.6 is 0 Å². The van der Waals surface area contributed by atoms with Crippen molar-refractivity contribution in [1.29, 1.82) is 0 Å². The van der Waals surface area contributed by atoms with Gasteiger partial charge >= 0.3 is 0 Å². The molecule has 19 heavy (non-hydrogen) atoms. The van der Waals surface area contributed by atoms with Gasteiger partial charge in [-0.15, -0.1) is 0 Å². The minimum absolute atomic E-state index is 0.0248. The van der Waals surface area contributed by atoms with E-state index in [4.69, 9.17) is 5.73 Å². The molecule has 0 aliphatic heterocycles. The van der Waals surface area contributed by atoms with E-state index in [9.17, 15) is 18.5 Å². The monoisotopic (exact) mass is 285 g/mol. The number of non-ortho nitro benzene ring substituents is 1. The Labute approximate surface area is 111 Å². The second-order valence-electron chi connectivity index (χ2n) is 4.59. The van der Waals surface area contributed by atoms with Crippen LogP contribution in [0.25, 0.3) is 0 Å². The van der Waals surface area contributed by atoms with Crippen molar-refractivity contribution < 1.29 is 13.3 Å². The summed E-state index contributed by atoms with van der Waals surface area (Å²) in [5.74, 6) is 0. The predicted octanol–water partition coefficient (Wildman–Crippen LogP) is 1.35. The van der Waals surface area contributed by atoms with Gasteiger partial charge in [0.1, 0.15) is 4.90 Å². The van der Waals surface area contributed by atoms with E-state index in [1.807, 2.05) is 0 Å². The lowest BCUT2D eigenvalue weighted by atomic mass is 9.94. The van der Waals surface area contributed by atoms with Crippen molar-refractivity contribution in [2.24, 2.45) is 0 Å². The minimum atomic E-state index is -3.78. The molecule has 0 amide bonds. The Bertz CT molecular complexity index is 610. The first kappa shape index (κ1) is 13.8. The zero-order chi connectivity index (χ0) is 14.2. The van der Waals surface area contributed by atoms with Crippen LogP contribution in [0.3, 0.4) is 0 Å². The zero-order valence-corrected chi connectivity index (χ0v) is 11.3. The highest BCUT2D eigenvalue weighted by molar-refractivity contribution is 7.89. The highest BCUT2D eigenvalue weighted by atomic mass is 32.2. The van der Waals surface area contributed by atoms with Crippen molar-refractivity contribution in [2.75, 3.05) is 12.8 Å². The summed E-state index contributed by atoms with van der Waals surface area (Å²) in [6.07, 6.45) is 2.62. The molecule has 0 heterocycles. The normalized spacial score (nSPS) is 16.3. The Hall–Kier alpha value is -1.67. The molecular formula is C11H15N3O4S. The summed E-state index contributed by atoms with van der Waals surface area (Å²) in [6, 6.07) is 3.42. The van der Waals surface area contributed by atoms with Gasteiger partial charge in [-0.05, 0) is 18.9 Å². The van der Waals surface area contributed by atoms with Gasteiger partial charge in [0.15, 0.2) is 0 Å². The number of hydrogen-bond donors (Lipinski definition) is 1. The van der Waals surface area contributed by atoms with Crippen LogP contribution in [0, 0.1) is 10.1 Å². The van der Waals surface area contributed by atoms with E-state index < -0.39 is 14.9 Å². The lowest BCUT2D eigenvalue weighted by molar-refractivity contribution is -0.385. The Morgan fingerprint density at radius 1 is 1.42 bits per heavy atom. The lowest BCUT2D eigenvalue weighted by Crippen LogP contribution is -2.41. The summed E-state index contributed by atoms with van der Waals surface area (Å²) in [7, 11) is -2.30. The average Bonchev–Trinajstić information content (AvgIpc) is 2.26. The maximum Gasteiger partial charge on any atom is 0.270 e. The Kier molecular flexibility index (Phi) is 3.46. The molecule has 104 valence electrons. The van der Waals surface area contributed by atoms with E-state index in [0.717, 1.165) is 25.3 Å². The van der Waals surface area contributed by atoms with Crippen LogP contribution in [0.5, 0.6) is 0 Å². The number of rotatable bonds is 4. The van der Waals surface area contributed by atoms with Gasteiger partial charge in [-0.2, -0.15) is 4.31 Å². The number of nitro benzene ring substituents is 1. The predicted molar refractivity (Wildman–Crippen MR) is 70.1 cm³/mol. The zero-order valence-electron chi connectivity index (χ0n) is 10.4. The summed E-state index contributed by atoms with van der Waals surface area (Å²) in [6.45, 7) is 0. The number of hydrogen-bond acceptors (Lipinski definition) is 5. The van der Waals surface area contributed by atoms with E-state index in [1.165, 1.54) is 23.5 Å². The molecule has 0 radical (unpaired) electrons. The molecule has 0 atom stereocenters. The number of anilines is 1. The Balaban J connectivity index is 2.44. The minimum Gasteiger partial charge on any atom is -0.398 e. The lowest BCUT2D eigenvalue weighted by Gasteiger charge is -2.33. The largest absolute Gasteiger partial charge is 0.398 e. The topological polar surface area (TPSA) is 107 Å². The number of nitro groups is 1. The highest BCUT2D eigenvalue weighted by Gasteiger charge is 2.33. The third-order valence-electron chi connectivity index (χ3n) is 3.45. The molecule has 1 aliphatic rings. The summed E-state index contributed by atoms with van der Waals surface area (Å²) < 4.78 is 26.0. The van der Waals surface area contributed by atoms with Crippen LogP contribution in [-0.2, 0) is 10.0 Å². The summed E-state index contributed by atoms with van der Waals surface area (Å²) in [4.78, 5) is 9.88. The molecule has 1 saturated carbocycles. The van der Waals surface area contributed by atoms with Gasteiger partial charge in [0.05, 0.1) is 10.6 Å². The molecule has 8 heteroatoms. The molecule has 2 rings (SSSR count). The number of benzene rings is 1. The molecule has 1 fully saturated rings. The molecular weight excluding hydrogens is 270 g/mol. The molecule has 0 spiro atoms. The van der Waals surface area contributed by atoms with Gasteiger partial charge in [-0.3, -0.25) is 10.1 Å². The fraction of sp³-hybridized carbons (Fsp3) is 0.455. The first-order chi connectivity index (χ1) is 8.84. The first-order valence-electron chi connectivity index (χ1n) is 5.86. The quantitative estimate of drug-likeness (QED) is 0.510. The maximum atomic E-state index is 12.4. The molecule has 7 nitrogen and oxygen atoms in total. The van der Waals surface area contributed by atoms with Crippen LogP contribution in [0.2, 0.25) is 0 Å². The maximum absolute atomic E-state index is 12.4. The van der Waals surface area contributed by atoms with Crippen LogP contribution in [0.15, 0.2) is 23.1 Å². The van der Waals surface area contributed by atoms with Gasteiger partial charge in [-0.25, -0.2) is 8.42 Å². The number of nitrogen functional groups attached to an aromatic ring is 1. The van der Waals surface area contributed by atoms with Crippen LogP contribution < -0.4 is 5.73 Å². The molecule has 1 aromatic rings. The van der Waals surface area contributed by atoms with Gasteiger partial charge < -0.3 is 5.73 Å². The smallest absolute Gasteiger partial charge is 0.270 e. The molecule has 1 aliphatic carbocycles. The van der Waals surface area contributed by atoms with E-state index >= 15 is 0 Å². The van der Waals surface area contributed by atoms with Gasteiger partial charge in [0.2, 0.25) is 10.0 Å². The van der Waals surface area contributed by atoms with E-state index in [0.29, 0.717) is 0 Å². The molecule has 0 bridgehead atoms. The fourth-order valence-corrected chi connectivity index (χ4v) is 3.51. The highest BCUT2D eigenvalue weighted by Crippen LogP contribution is 2.32. The summed E-state index contributed by atoms with van der Waals surface area (Å²) in [5, 5.41) is 10.7. The van der Waals surface area contributed by atoms with Crippen molar-refractivity contribution in [2.45, 2.75) is 30.2 Å². The van der Waals surface area contributed by atoms with Crippen LogP contribution in [0.1, 0.15) is 19.3 Å². The third-order valence-corrected chi connectivity index (χ3v) is 5.42. The second kappa shape index (κ2) is 4.78. The number of nitrogens with two attached hydrogens (primary N) is 1. The number of nitrogens with zero attached hydrogens (tertiary/aromatic N) is 2. The molecule has 2 N–H and O–H groups in total. The number of sulfonamides is 1. The van der Waals surface area contributed by atoms with Crippen molar-refractivity contribution >= 4 is 21.4 Å². The van der Waals surface area contributed by atoms with Crippen molar-refractivity contribution in [3.05, 3.63) is 28.3 Å². The molecule has 0 unspecified atom stereocenters. The van der Waals surface area contributed by atoms with E-state index in [1.54, 1.807) is 0 Å². The molecule has 0 aromatic heterocycles. The molecule has 0 saturated heterocycles. The third kappa shape index (κ3) is 2.41. The SMILES string of the molecule is CN(C1CCC1)S(=O)(=O)c1cc([N+](=O)[O-])ccc1N. The Morgan fingerprint density at radius 2 is 2.05 bits per heavy atom. The van der Waals surface area contributed by atoms with Gasteiger partial charge in [-0.1, -0.05) is 6.42 Å². The Morgan fingerprint density at radius 3 is 2.53 bits per heavy atom. The van der Waals surface area contributed by atoms with Gasteiger partial charge in [0, 0.05) is 25.2 Å². The van der Waals surface area contributed by atoms with E-state index in [2.05, 4.69) is 0 Å². The van der Waals surface area contributed by atoms with Crippen molar-refractivity contribution in [3.63, 3.8) is 0 Å². The molecule has 1 aromatic carbocycles. The summed E-state index contributed by atoms with van der Waals surface area (Å²) in [5.41, 5.74) is 5.39. The summed E-state index contributed by atoms with van der Waals surface area (Å²) >= 11 is 0.